The van der Waals surface area contributed by atoms with Crippen molar-refractivity contribution in [2.45, 2.75) is 58.7 Å². The van der Waals surface area contributed by atoms with Gasteiger partial charge < -0.3 is 5.11 Å². The lowest BCUT2D eigenvalue weighted by atomic mass is 9.69. The Labute approximate surface area is 95.0 Å². The van der Waals surface area contributed by atoms with Crippen LogP contribution in [0.4, 0.5) is 13.2 Å². The smallest absolute Gasteiger partial charge is 0.392 e. The maximum atomic E-state index is 12.8. The largest absolute Gasteiger partial charge is 0.392 e. The summed E-state index contributed by atoms with van der Waals surface area (Å²) >= 11 is 0. The van der Waals surface area contributed by atoms with Crippen molar-refractivity contribution in [2.75, 3.05) is 0 Å². The molecule has 0 radical (unpaired) electrons. The third kappa shape index (κ3) is 3.12. The van der Waals surface area contributed by atoms with E-state index < -0.39 is 29.5 Å². The minimum Gasteiger partial charge on any atom is -0.392 e. The van der Waals surface area contributed by atoms with E-state index in [1.165, 1.54) is 0 Å². The Kier molecular flexibility index (Phi) is 3.93. The van der Waals surface area contributed by atoms with Crippen molar-refractivity contribution in [3.63, 3.8) is 0 Å². The van der Waals surface area contributed by atoms with E-state index in [0.29, 0.717) is 12.8 Å². The van der Waals surface area contributed by atoms with Gasteiger partial charge in [0.2, 0.25) is 0 Å². The quantitative estimate of drug-likeness (QED) is 0.737. The van der Waals surface area contributed by atoms with Gasteiger partial charge in [0.1, 0.15) is 0 Å². The maximum Gasteiger partial charge on any atom is 0.392 e. The summed E-state index contributed by atoms with van der Waals surface area (Å²) in [6, 6.07) is 0. The first kappa shape index (κ1) is 13.8. The van der Waals surface area contributed by atoms with E-state index in [4.69, 9.17) is 0 Å². The fraction of sp³-hybridized carbons (Fsp3) is 1.00. The van der Waals surface area contributed by atoms with Crippen molar-refractivity contribution in [1.82, 2.24) is 0 Å². The summed E-state index contributed by atoms with van der Waals surface area (Å²) in [5, 5.41) is 10.0. The van der Waals surface area contributed by atoms with Crippen LogP contribution >= 0.6 is 0 Å². The van der Waals surface area contributed by atoms with Gasteiger partial charge in [-0.15, -0.1) is 0 Å². The van der Waals surface area contributed by atoms with Gasteiger partial charge in [-0.1, -0.05) is 33.6 Å². The monoisotopic (exact) mass is 238 g/mol. The molecule has 16 heavy (non-hydrogen) atoms. The molecule has 4 heteroatoms. The highest BCUT2D eigenvalue weighted by atomic mass is 19.4. The predicted octanol–water partition coefficient (Wildman–Crippen LogP) is 3.76. The molecule has 1 aliphatic carbocycles. The van der Waals surface area contributed by atoms with Gasteiger partial charge in [-0.25, -0.2) is 0 Å². The second-order valence-electron chi connectivity index (χ2n) is 5.91. The first-order chi connectivity index (χ1) is 7.14. The highest BCUT2D eigenvalue weighted by Gasteiger charge is 2.49. The van der Waals surface area contributed by atoms with Crippen LogP contribution in [0.25, 0.3) is 0 Å². The molecular formula is C12H21F3O. The first-order valence-corrected chi connectivity index (χ1v) is 5.89. The van der Waals surface area contributed by atoms with E-state index in [0.717, 1.165) is 6.42 Å². The zero-order valence-electron chi connectivity index (χ0n) is 10.1. The summed E-state index contributed by atoms with van der Waals surface area (Å²) in [4.78, 5) is 0. The van der Waals surface area contributed by atoms with Crippen LogP contribution in [0.2, 0.25) is 0 Å². The Morgan fingerprint density at radius 3 is 2.00 bits per heavy atom. The van der Waals surface area contributed by atoms with Crippen LogP contribution < -0.4 is 0 Å². The first-order valence-electron chi connectivity index (χ1n) is 5.89. The third-order valence-corrected chi connectivity index (χ3v) is 3.53. The molecule has 0 aromatic heterocycles. The van der Waals surface area contributed by atoms with Gasteiger partial charge in [-0.2, -0.15) is 13.2 Å². The van der Waals surface area contributed by atoms with Crippen LogP contribution in [0, 0.1) is 17.3 Å². The molecule has 0 spiro atoms. The number of hydrogen-bond acceptors (Lipinski definition) is 1. The van der Waals surface area contributed by atoms with Crippen molar-refractivity contribution in [3.8, 4) is 0 Å². The minimum atomic E-state index is -4.17. The molecule has 0 heterocycles. The lowest BCUT2D eigenvalue weighted by Crippen LogP contribution is -2.44. The van der Waals surface area contributed by atoms with Gasteiger partial charge in [-0.3, -0.25) is 0 Å². The van der Waals surface area contributed by atoms with Crippen molar-refractivity contribution in [1.29, 1.82) is 0 Å². The molecule has 1 fully saturated rings. The van der Waals surface area contributed by atoms with Gasteiger partial charge in [0, 0.05) is 0 Å². The maximum absolute atomic E-state index is 12.8. The molecule has 0 aromatic rings. The van der Waals surface area contributed by atoms with Crippen molar-refractivity contribution in [3.05, 3.63) is 0 Å². The van der Waals surface area contributed by atoms with Crippen molar-refractivity contribution < 1.29 is 18.3 Å². The fourth-order valence-corrected chi connectivity index (χ4v) is 2.59. The van der Waals surface area contributed by atoms with Crippen molar-refractivity contribution >= 4 is 0 Å². The Balaban J connectivity index is 2.83. The summed E-state index contributed by atoms with van der Waals surface area (Å²) < 4.78 is 38.5. The summed E-state index contributed by atoms with van der Waals surface area (Å²) in [7, 11) is 0. The highest BCUT2D eigenvalue weighted by Crippen LogP contribution is 2.45. The molecular weight excluding hydrogens is 217 g/mol. The van der Waals surface area contributed by atoms with E-state index in [9.17, 15) is 18.3 Å². The second-order valence-corrected chi connectivity index (χ2v) is 5.91. The molecule has 0 aromatic carbocycles. The molecule has 1 N–H and O–H groups in total. The molecule has 1 aliphatic rings. The summed E-state index contributed by atoms with van der Waals surface area (Å²) in [5.41, 5.74) is -0.481. The summed E-state index contributed by atoms with van der Waals surface area (Å²) in [6.07, 6.45) is -2.97. The van der Waals surface area contributed by atoms with Crippen LogP contribution in [0.3, 0.4) is 0 Å². The SMILES string of the molecule is CC(C)(C)C(O)C1CCCCC1C(F)(F)F. The molecule has 0 amide bonds. The molecule has 96 valence electrons. The molecule has 0 saturated heterocycles. The Hall–Kier alpha value is -0.250. The molecule has 1 saturated carbocycles. The molecule has 1 nitrogen and oxygen atoms in total. The minimum absolute atomic E-state index is 0.168. The summed E-state index contributed by atoms with van der Waals surface area (Å²) in [5.74, 6) is -1.95. The standard InChI is InChI=1S/C12H21F3O/c1-11(2,3)10(16)8-6-4-5-7-9(8)12(13,14)15/h8-10,16H,4-7H2,1-3H3. The molecule has 3 atom stereocenters. The number of aliphatic hydroxyl groups excluding tert-OH is 1. The van der Waals surface area contributed by atoms with Gasteiger partial charge in [-0.05, 0) is 24.2 Å². The second kappa shape index (κ2) is 4.55. The predicted molar refractivity (Wildman–Crippen MR) is 57.0 cm³/mol. The van der Waals surface area contributed by atoms with E-state index in [2.05, 4.69) is 0 Å². The van der Waals surface area contributed by atoms with Gasteiger partial charge in [0.15, 0.2) is 0 Å². The average Bonchev–Trinajstić information content (AvgIpc) is 2.14. The zero-order valence-corrected chi connectivity index (χ0v) is 10.1. The molecule has 3 unspecified atom stereocenters. The third-order valence-electron chi connectivity index (χ3n) is 3.53. The van der Waals surface area contributed by atoms with Crippen LogP contribution in [0.15, 0.2) is 0 Å². The van der Waals surface area contributed by atoms with Crippen LogP contribution in [-0.2, 0) is 0 Å². The van der Waals surface area contributed by atoms with Gasteiger partial charge in [0.25, 0.3) is 0 Å². The van der Waals surface area contributed by atoms with E-state index >= 15 is 0 Å². The Bertz CT molecular complexity index is 229. The van der Waals surface area contributed by atoms with Crippen LogP contribution in [-0.4, -0.2) is 17.4 Å². The van der Waals surface area contributed by atoms with Gasteiger partial charge in [0.05, 0.1) is 12.0 Å². The topological polar surface area (TPSA) is 20.2 Å². The number of aliphatic hydroxyl groups is 1. The number of alkyl halides is 3. The number of halogens is 3. The highest BCUT2D eigenvalue weighted by molar-refractivity contribution is 4.89. The molecule has 1 rings (SSSR count). The Morgan fingerprint density at radius 2 is 1.56 bits per heavy atom. The lowest BCUT2D eigenvalue weighted by Gasteiger charge is -2.40. The molecule has 0 aliphatic heterocycles. The van der Waals surface area contributed by atoms with Gasteiger partial charge >= 0.3 is 6.18 Å². The zero-order chi connectivity index (χ0) is 12.6. The fourth-order valence-electron chi connectivity index (χ4n) is 2.59. The summed E-state index contributed by atoms with van der Waals surface area (Å²) in [6.45, 7) is 5.37. The van der Waals surface area contributed by atoms with Crippen LogP contribution in [0.5, 0.6) is 0 Å². The Morgan fingerprint density at radius 1 is 1.06 bits per heavy atom. The van der Waals surface area contributed by atoms with E-state index in [-0.39, 0.29) is 6.42 Å². The molecule has 0 bridgehead atoms. The van der Waals surface area contributed by atoms with E-state index in [1.54, 1.807) is 20.8 Å². The van der Waals surface area contributed by atoms with E-state index in [1.807, 2.05) is 0 Å². The number of rotatable bonds is 1. The van der Waals surface area contributed by atoms with Crippen molar-refractivity contribution in [2.24, 2.45) is 17.3 Å². The average molecular weight is 238 g/mol. The normalized spacial score (nSPS) is 30.2. The van der Waals surface area contributed by atoms with Crippen LogP contribution in [0.1, 0.15) is 46.5 Å². The number of hydrogen-bond donors (Lipinski definition) is 1. The lowest BCUT2D eigenvalue weighted by molar-refractivity contribution is -0.212.